The Hall–Kier alpha value is -3.71. The Bertz CT molecular complexity index is 1220. The molecule has 0 spiro atoms. The second kappa shape index (κ2) is 15.0. The third kappa shape index (κ3) is 9.69. The average molecular weight is 597 g/mol. The minimum absolute atomic E-state index is 0.0707. The van der Waals surface area contributed by atoms with Gasteiger partial charge in [0.2, 0.25) is 5.75 Å². The molecule has 0 bridgehead atoms. The minimum Gasteiger partial charge on any atom is -0.493 e. The molecule has 2 heterocycles. The van der Waals surface area contributed by atoms with Crippen molar-refractivity contribution < 1.29 is 51.2 Å². The lowest BCUT2D eigenvalue weighted by Crippen LogP contribution is -2.46. The Labute approximate surface area is 241 Å². The number of aryl methyl sites for hydroxylation is 1. The van der Waals surface area contributed by atoms with Crippen molar-refractivity contribution in [3.63, 3.8) is 0 Å². The SMILES string of the molecule is COc1ccnc(C(=O)N[C@H]2COC[C@H](Cc3ccc(C)cc3)[C@@H](OCCCC(F)(F)F)[C@H](C)OC2=O)c1OC(C)=O. The Morgan fingerprint density at radius 3 is 2.50 bits per heavy atom. The first-order valence-electron chi connectivity index (χ1n) is 13.4. The van der Waals surface area contributed by atoms with Crippen LogP contribution in [0.4, 0.5) is 13.2 Å². The lowest BCUT2D eigenvalue weighted by Gasteiger charge is -2.31. The van der Waals surface area contributed by atoms with Crippen molar-refractivity contribution >= 4 is 17.8 Å². The molecule has 3 rings (SSSR count). The monoisotopic (exact) mass is 596 g/mol. The quantitative estimate of drug-likeness (QED) is 0.321. The maximum Gasteiger partial charge on any atom is 0.389 e. The van der Waals surface area contributed by atoms with E-state index in [-0.39, 0.29) is 49.4 Å². The van der Waals surface area contributed by atoms with Crippen LogP contribution in [0.25, 0.3) is 0 Å². The van der Waals surface area contributed by atoms with E-state index in [0.29, 0.717) is 6.42 Å². The predicted octanol–water partition coefficient (Wildman–Crippen LogP) is 3.97. The Kier molecular flexibility index (Phi) is 11.7. The number of cyclic esters (lactones) is 1. The molecule has 1 N–H and O–H groups in total. The van der Waals surface area contributed by atoms with Crippen molar-refractivity contribution in [2.45, 2.75) is 64.5 Å². The highest BCUT2D eigenvalue weighted by molar-refractivity contribution is 5.98. The molecule has 1 aromatic carbocycles. The van der Waals surface area contributed by atoms with Crippen LogP contribution in [-0.4, -0.2) is 74.2 Å². The number of methoxy groups -OCH3 is 1. The fourth-order valence-corrected chi connectivity index (χ4v) is 4.50. The number of ether oxygens (including phenoxy) is 5. The first-order valence-corrected chi connectivity index (χ1v) is 13.4. The molecule has 10 nitrogen and oxygen atoms in total. The van der Waals surface area contributed by atoms with Gasteiger partial charge in [-0.25, -0.2) is 9.78 Å². The van der Waals surface area contributed by atoms with Crippen molar-refractivity contribution in [1.29, 1.82) is 0 Å². The van der Waals surface area contributed by atoms with Crippen molar-refractivity contribution in [2.75, 3.05) is 26.9 Å². The number of esters is 2. The maximum atomic E-state index is 13.1. The number of alkyl halides is 3. The van der Waals surface area contributed by atoms with E-state index in [1.165, 1.54) is 19.4 Å². The highest BCUT2D eigenvalue weighted by atomic mass is 19.4. The third-order valence-corrected chi connectivity index (χ3v) is 6.52. The van der Waals surface area contributed by atoms with E-state index in [9.17, 15) is 27.6 Å². The largest absolute Gasteiger partial charge is 0.493 e. The second-order valence-corrected chi connectivity index (χ2v) is 9.99. The highest BCUT2D eigenvalue weighted by Gasteiger charge is 2.36. The van der Waals surface area contributed by atoms with Crippen LogP contribution in [0.15, 0.2) is 36.5 Å². The van der Waals surface area contributed by atoms with E-state index in [4.69, 9.17) is 23.7 Å². The molecule has 1 saturated heterocycles. The number of nitrogens with one attached hydrogen (secondary N) is 1. The zero-order valence-electron chi connectivity index (χ0n) is 23.9. The molecule has 0 unspecified atom stereocenters. The summed E-state index contributed by atoms with van der Waals surface area (Å²) in [6.45, 7) is 4.29. The van der Waals surface area contributed by atoms with Crippen LogP contribution in [0.3, 0.4) is 0 Å². The normalized spacial score (nSPS) is 21.4. The summed E-state index contributed by atoms with van der Waals surface area (Å²) in [6, 6.07) is 7.88. The molecular formula is C29H35F3N2O8. The molecule has 13 heteroatoms. The lowest BCUT2D eigenvalue weighted by molar-refractivity contribution is -0.162. The maximum absolute atomic E-state index is 13.1. The first kappa shape index (κ1) is 32.8. The molecule has 0 aliphatic carbocycles. The number of amides is 1. The Morgan fingerprint density at radius 1 is 1.14 bits per heavy atom. The van der Waals surface area contributed by atoms with E-state index < -0.39 is 48.7 Å². The zero-order valence-corrected chi connectivity index (χ0v) is 23.9. The third-order valence-electron chi connectivity index (χ3n) is 6.52. The second-order valence-electron chi connectivity index (χ2n) is 9.99. The smallest absolute Gasteiger partial charge is 0.389 e. The molecular weight excluding hydrogens is 561 g/mol. The first-order chi connectivity index (χ1) is 19.9. The van der Waals surface area contributed by atoms with Gasteiger partial charge in [-0.15, -0.1) is 0 Å². The molecule has 1 fully saturated rings. The van der Waals surface area contributed by atoms with E-state index >= 15 is 0 Å². The molecule has 2 aromatic rings. The van der Waals surface area contributed by atoms with Gasteiger partial charge in [0.1, 0.15) is 6.10 Å². The molecule has 1 aliphatic heterocycles. The van der Waals surface area contributed by atoms with Crippen LogP contribution >= 0.6 is 0 Å². The molecule has 1 aromatic heterocycles. The number of carbonyl (C=O) groups excluding carboxylic acids is 3. The number of pyridine rings is 1. The van der Waals surface area contributed by atoms with Gasteiger partial charge in [-0.1, -0.05) is 29.8 Å². The highest BCUT2D eigenvalue weighted by Crippen LogP contribution is 2.30. The summed E-state index contributed by atoms with van der Waals surface area (Å²) in [7, 11) is 1.32. The zero-order chi connectivity index (χ0) is 30.9. The summed E-state index contributed by atoms with van der Waals surface area (Å²) < 4.78 is 65.8. The van der Waals surface area contributed by atoms with Crippen LogP contribution in [0.1, 0.15) is 48.3 Å². The van der Waals surface area contributed by atoms with Crippen LogP contribution in [0.2, 0.25) is 0 Å². The van der Waals surface area contributed by atoms with Gasteiger partial charge < -0.3 is 29.0 Å². The molecule has 42 heavy (non-hydrogen) atoms. The summed E-state index contributed by atoms with van der Waals surface area (Å²) in [6.07, 6.45) is -5.52. The summed E-state index contributed by atoms with van der Waals surface area (Å²) in [5.74, 6) is -2.92. The van der Waals surface area contributed by atoms with Crippen LogP contribution in [0.5, 0.6) is 11.5 Å². The number of hydrogen-bond acceptors (Lipinski definition) is 9. The summed E-state index contributed by atoms with van der Waals surface area (Å²) >= 11 is 0. The number of halogens is 3. The lowest BCUT2D eigenvalue weighted by atomic mass is 9.91. The predicted molar refractivity (Wildman–Crippen MR) is 143 cm³/mol. The number of hydrogen-bond donors (Lipinski definition) is 1. The number of rotatable bonds is 10. The molecule has 230 valence electrons. The Morgan fingerprint density at radius 2 is 1.86 bits per heavy atom. The van der Waals surface area contributed by atoms with E-state index in [1.807, 2.05) is 31.2 Å². The molecule has 0 saturated carbocycles. The number of benzene rings is 1. The molecule has 1 aliphatic rings. The van der Waals surface area contributed by atoms with Gasteiger partial charge in [-0.05, 0) is 32.3 Å². The van der Waals surface area contributed by atoms with Crippen LogP contribution < -0.4 is 14.8 Å². The van der Waals surface area contributed by atoms with Crippen LogP contribution in [-0.2, 0) is 30.2 Å². The van der Waals surface area contributed by atoms with Gasteiger partial charge in [-0.3, -0.25) is 9.59 Å². The van der Waals surface area contributed by atoms with Gasteiger partial charge in [0.25, 0.3) is 5.91 Å². The molecule has 1 amide bonds. The van der Waals surface area contributed by atoms with Gasteiger partial charge in [0, 0.05) is 38.1 Å². The fraction of sp³-hybridized carbons (Fsp3) is 0.517. The fourth-order valence-electron chi connectivity index (χ4n) is 4.50. The van der Waals surface area contributed by atoms with Crippen molar-refractivity contribution in [2.24, 2.45) is 5.92 Å². The van der Waals surface area contributed by atoms with Crippen molar-refractivity contribution in [3.8, 4) is 11.5 Å². The minimum atomic E-state index is -4.32. The van der Waals surface area contributed by atoms with E-state index in [1.54, 1.807) is 6.92 Å². The van der Waals surface area contributed by atoms with Gasteiger partial charge >= 0.3 is 18.1 Å². The standard InChI is InChI=1S/C29H35F3N2O8/c1-17-6-8-20(9-7-17)14-21-15-39-16-22(28(37)41-18(2)25(21)40-13-5-11-29(30,31)32)34-27(36)24-26(42-19(3)35)23(38-4)10-12-33-24/h6-10,12,18,21-22,25H,5,11,13-16H2,1-4H3,(H,34,36)/t18-,21-,22-,25-/m0/s1. The summed E-state index contributed by atoms with van der Waals surface area (Å²) in [5.41, 5.74) is 1.71. The van der Waals surface area contributed by atoms with Crippen molar-refractivity contribution in [1.82, 2.24) is 10.3 Å². The molecule has 4 atom stereocenters. The van der Waals surface area contributed by atoms with Crippen molar-refractivity contribution in [3.05, 3.63) is 53.3 Å². The van der Waals surface area contributed by atoms with Gasteiger partial charge in [0.15, 0.2) is 17.5 Å². The Balaban J connectivity index is 1.80. The average Bonchev–Trinajstić information content (AvgIpc) is 2.96. The summed E-state index contributed by atoms with van der Waals surface area (Å²) in [5, 5.41) is 2.51. The number of nitrogens with zero attached hydrogens (tertiary/aromatic N) is 1. The topological polar surface area (TPSA) is 122 Å². The molecule has 0 radical (unpaired) electrons. The van der Waals surface area contributed by atoms with Gasteiger partial charge in [0.05, 0.1) is 26.4 Å². The van der Waals surface area contributed by atoms with E-state index in [2.05, 4.69) is 10.3 Å². The number of aromatic nitrogens is 1. The summed E-state index contributed by atoms with van der Waals surface area (Å²) in [4.78, 5) is 41.9. The number of carbonyl (C=O) groups is 3. The van der Waals surface area contributed by atoms with Crippen LogP contribution in [0, 0.1) is 12.8 Å². The van der Waals surface area contributed by atoms with E-state index in [0.717, 1.165) is 18.1 Å². The van der Waals surface area contributed by atoms with Gasteiger partial charge in [-0.2, -0.15) is 13.2 Å².